The minimum atomic E-state index is -0.955. The van der Waals surface area contributed by atoms with Crippen LogP contribution in [-0.4, -0.2) is 17.0 Å². The first kappa shape index (κ1) is 14.0. The Labute approximate surface area is 120 Å². The van der Waals surface area contributed by atoms with E-state index in [-0.39, 0.29) is 10.8 Å². The van der Waals surface area contributed by atoms with Gasteiger partial charge >= 0.3 is 5.97 Å². The number of aromatic carboxylic acids is 1. The van der Waals surface area contributed by atoms with Crippen molar-refractivity contribution in [3.63, 3.8) is 0 Å². The highest BCUT2D eigenvalue weighted by Crippen LogP contribution is 2.17. The summed E-state index contributed by atoms with van der Waals surface area (Å²) in [7, 11) is 0. The molecule has 0 aliphatic heterocycles. The first-order chi connectivity index (χ1) is 9.65. The summed E-state index contributed by atoms with van der Waals surface area (Å²) in [6, 6.07) is 12.8. The molecule has 0 fully saturated rings. The Morgan fingerprint density at radius 3 is 2.55 bits per heavy atom. The standard InChI is InChI=1S/C15H13NO3S/c17-14(16-10-11-4-2-1-3-5-11)9-7-12-6-8-13(20-12)15(18)19/h1-9H,10H2,(H,16,17)(H,18,19). The highest BCUT2D eigenvalue weighted by Gasteiger charge is 2.05. The van der Waals surface area contributed by atoms with Crippen molar-refractivity contribution in [1.29, 1.82) is 0 Å². The van der Waals surface area contributed by atoms with Gasteiger partial charge in [-0.25, -0.2) is 4.79 Å². The van der Waals surface area contributed by atoms with Crippen LogP contribution in [0.3, 0.4) is 0 Å². The first-order valence-electron chi connectivity index (χ1n) is 5.98. The molecule has 0 spiro atoms. The third-order valence-corrected chi connectivity index (χ3v) is 3.58. The fraction of sp³-hybridized carbons (Fsp3) is 0.0667. The summed E-state index contributed by atoms with van der Waals surface area (Å²) in [4.78, 5) is 23.3. The number of rotatable bonds is 5. The normalized spacial score (nSPS) is 10.6. The van der Waals surface area contributed by atoms with Crippen LogP contribution >= 0.6 is 11.3 Å². The highest BCUT2D eigenvalue weighted by molar-refractivity contribution is 7.14. The Hall–Kier alpha value is -2.40. The number of nitrogens with one attached hydrogen (secondary N) is 1. The fourth-order valence-corrected chi connectivity index (χ4v) is 2.31. The van der Waals surface area contributed by atoms with Gasteiger partial charge in [-0.05, 0) is 23.8 Å². The van der Waals surface area contributed by atoms with Crippen molar-refractivity contribution < 1.29 is 14.7 Å². The van der Waals surface area contributed by atoms with Crippen LogP contribution in [0.2, 0.25) is 0 Å². The van der Waals surface area contributed by atoms with Gasteiger partial charge in [-0.1, -0.05) is 30.3 Å². The van der Waals surface area contributed by atoms with Gasteiger partial charge in [0.2, 0.25) is 5.91 Å². The van der Waals surface area contributed by atoms with Gasteiger partial charge in [0.05, 0.1) is 0 Å². The van der Waals surface area contributed by atoms with Crippen LogP contribution in [0.1, 0.15) is 20.1 Å². The molecule has 102 valence electrons. The molecule has 0 saturated heterocycles. The Bertz CT molecular complexity index is 632. The van der Waals surface area contributed by atoms with Crippen molar-refractivity contribution in [2.24, 2.45) is 0 Å². The number of carboxylic acids is 1. The molecule has 0 aliphatic carbocycles. The average Bonchev–Trinajstić information content (AvgIpc) is 2.93. The van der Waals surface area contributed by atoms with E-state index in [0.29, 0.717) is 6.54 Å². The Balaban J connectivity index is 1.87. The third kappa shape index (κ3) is 4.07. The van der Waals surface area contributed by atoms with E-state index in [2.05, 4.69) is 5.32 Å². The molecule has 1 aromatic heterocycles. The lowest BCUT2D eigenvalue weighted by atomic mass is 10.2. The molecule has 20 heavy (non-hydrogen) atoms. The lowest BCUT2D eigenvalue weighted by Crippen LogP contribution is -2.20. The predicted octanol–water partition coefficient (Wildman–Crippen LogP) is 2.78. The minimum Gasteiger partial charge on any atom is -0.477 e. The molecule has 2 aromatic rings. The Morgan fingerprint density at radius 1 is 1.15 bits per heavy atom. The second-order valence-corrected chi connectivity index (χ2v) is 5.16. The van der Waals surface area contributed by atoms with Crippen LogP contribution in [0.15, 0.2) is 48.5 Å². The molecule has 1 amide bonds. The molecule has 0 aliphatic rings. The molecule has 2 rings (SSSR count). The van der Waals surface area contributed by atoms with Crippen LogP contribution in [0.25, 0.3) is 6.08 Å². The van der Waals surface area contributed by atoms with Gasteiger partial charge in [0.1, 0.15) is 4.88 Å². The van der Waals surface area contributed by atoms with Crippen molar-refractivity contribution >= 4 is 29.3 Å². The van der Waals surface area contributed by atoms with E-state index in [0.717, 1.165) is 21.8 Å². The van der Waals surface area contributed by atoms with Crippen molar-refractivity contribution in [2.45, 2.75) is 6.54 Å². The van der Waals surface area contributed by atoms with E-state index in [1.165, 1.54) is 12.1 Å². The number of thiophene rings is 1. The first-order valence-corrected chi connectivity index (χ1v) is 6.80. The number of amides is 1. The molecule has 0 atom stereocenters. The van der Waals surface area contributed by atoms with Crippen LogP contribution in [-0.2, 0) is 11.3 Å². The molecule has 0 bridgehead atoms. The number of hydrogen-bond donors (Lipinski definition) is 2. The smallest absolute Gasteiger partial charge is 0.345 e. The Kier molecular flexibility index (Phi) is 4.68. The largest absolute Gasteiger partial charge is 0.477 e. The summed E-state index contributed by atoms with van der Waals surface area (Å²) in [5.41, 5.74) is 1.03. The van der Waals surface area contributed by atoms with Crippen molar-refractivity contribution in [2.75, 3.05) is 0 Å². The number of benzene rings is 1. The molecule has 2 N–H and O–H groups in total. The van der Waals surface area contributed by atoms with Gasteiger partial charge in [0.15, 0.2) is 0 Å². The monoisotopic (exact) mass is 287 g/mol. The van der Waals surface area contributed by atoms with Crippen molar-refractivity contribution in [1.82, 2.24) is 5.32 Å². The molecular formula is C15H13NO3S. The van der Waals surface area contributed by atoms with Gasteiger partial charge in [0, 0.05) is 17.5 Å². The number of hydrogen-bond acceptors (Lipinski definition) is 3. The number of carbonyl (C=O) groups is 2. The lowest BCUT2D eigenvalue weighted by Gasteiger charge is -2.01. The molecule has 0 unspecified atom stereocenters. The molecule has 1 aromatic carbocycles. The van der Waals surface area contributed by atoms with Gasteiger partial charge < -0.3 is 10.4 Å². The maximum absolute atomic E-state index is 11.6. The van der Waals surface area contributed by atoms with E-state index < -0.39 is 5.97 Å². The van der Waals surface area contributed by atoms with Gasteiger partial charge in [-0.3, -0.25) is 4.79 Å². The lowest BCUT2D eigenvalue weighted by molar-refractivity contribution is -0.116. The van der Waals surface area contributed by atoms with E-state index in [1.54, 1.807) is 12.1 Å². The molecule has 4 nitrogen and oxygen atoms in total. The maximum Gasteiger partial charge on any atom is 0.345 e. The maximum atomic E-state index is 11.6. The molecule has 0 saturated carbocycles. The van der Waals surface area contributed by atoms with Gasteiger partial charge in [0.25, 0.3) is 0 Å². The van der Waals surface area contributed by atoms with Crippen LogP contribution in [0, 0.1) is 0 Å². The summed E-state index contributed by atoms with van der Waals surface area (Å²) in [5.74, 6) is -1.16. The molecular weight excluding hydrogens is 274 g/mol. The zero-order valence-electron chi connectivity index (χ0n) is 10.6. The van der Waals surface area contributed by atoms with E-state index in [9.17, 15) is 9.59 Å². The second-order valence-electron chi connectivity index (χ2n) is 4.04. The van der Waals surface area contributed by atoms with Crippen LogP contribution in [0.4, 0.5) is 0 Å². The summed E-state index contributed by atoms with van der Waals surface area (Å²) in [5, 5.41) is 11.6. The minimum absolute atomic E-state index is 0.209. The molecule has 0 radical (unpaired) electrons. The fourth-order valence-electron chi connectivity index (χ4n) is 1.56. The zero-order valence-corrected chi connectivity index (χ0v) is 11.4. The summed E-state index contributed by atoms with van der Waals surface area (Å²) < 4.78 is 0. The topological polar surface area (TPSA) is 66.4 Å². The van der Waals surface area contributed by atoms with Gasteiger partial charge in [-0.15, -0.1) is 11.3 Å². The average molecular weight is 287 g/mol. The quantitative estimate of drug-likeness (QED) is 0.831. The van der Waals surface area contributed by atoms with Crippen molar-refractivity contribution in [3.05, 3.63) is 63.9 Å². The SMILES string of the molecule is O=C(C=Cc1ccc(C(=O)O)s1)NCc1ccccc1. The number of carboxylic acid groups (broad SMARTS) is 1. The molecule has 5 heteroatoms. The van der Waals surface area contributed by atoms with E-state index >= 15 is 0 Å². The van der Waals surface area contributed by atoms with Crippen LogP contribution < -0.4 is 5.32 Å². The summed E-state index contributed by atoms with van der Waals surface area (Å²) in [6.07, 6.45) is 3.01. The Morgan fingerprint density at radius 2 is 1.90 bits per heavy atom. The zero-order chi connectivity index (χ0) is 14.4. The predicted molar refractivity (Wildman–Crippen MR) is 78.6 cm³/mol. The number of carbonyl (C=O) groups excluding carboxylic acids is 1. The van der Waals surface area contributed by atoms with E-state index in [1.807, 2.05) is 30.3 Å². The van der Waals surface area contributed by atoms with E-state index in [4.69, 9.17) is 5.11 Å². The molecule has 1 heterocycles. The summed E-state index contributed by atoms with van der Waals surface area (Å²) in [6.45, 7) is 0.467. The third-order valence-electron chi connectivity index (χ3n) is 2.55. The highest BCUT2D eigenvalue weighted by atomic mass is 32.1. The summed E-state index contributed by atoms with van der Waals surface area (Å²) >= 11 is 1.13. The van der Waals surface area contributed by atoms with Crippen molar-refractivity contribution in [3.8, 4) is 0 Å². The van der Waals surface area contributed by atoms with Crippen LogP contribution in [0.5, 0.6) is 0 Å². The second kappa shape index (κ2) is 6.68. The van der Waals surface area contributed by atoms with Gasteiger partial charge in [-0.2, -0.15) is 0 Å².